The number of fused-ring (bicyclic) bond motifs is 1. The molecule has 2 aromatic heterocycles. The van der Waals surface area contributed by atoms with E-state index in [1.54, 1.807) is 6.33 Å². The summed E-state index contributed by atoms with van der Waals surface area (Å²) in [7, 11) is 1.82. The molecule has 5 rings (SSSR count). The lowest BCUT2D eigenvalue weighted by Gasteiger charge is -2.19. The molecule has 4 aromatic rings. The van der Waals surface area contributed by atoms with Crippen LogP contribution in [0.2, 0.25) is 0 Å². The second kappa shape index (κ2) is 11.0. The van der Waals surface area contributed by atoms with Gasteiger partial charge in [-0.05, 0) is 56.7 Å². The molecule has 5 nitrogen and oxygen atoms in total. The number of carbonyl (C=O) groups excluding carboxylic acids is 1. The average molecular weight is 557 g/mol. The van der Waals surface area contributed by atoms with Gasteiger partial charge in [0, 0.05) is 42.3 Å². The van der Waals surface area contributed by atoms with Gasteiger partial charge in [0.05, 0.1) is 24.3 Å². The molecule has 0 fully saturated rings. The summed E-state index contributed by atoms with van der Waals surface area (Å²) >= 11 is 0. The van der Waals surface area contributed by atoms with Gasteiger partial charge in [0.1, 0.15) is 11.6 Å². The molecule has 210 valence electrons. The third-order valence-corrected chi connectivity index (χ3v) is 7.41. The van der Waals surface area contributed by atoms with Crippen molar-refractivity contribution >= 4 is 5.78 Å². The molecule has 1 aliphatic carbocycles. The minimum Gasteiger partial charge on any atom is -0.334 e. The Balaban J connectivity index is 1.49. The number of halogens is 5. The number of rotatable bonds is 8. The van der Waals surface area contributed by atoms with Gasteiger partial charge >= 0.3 is 6.18 Å². The predicted octanol–water partition coefficient (Wildman–Crippen LogP) is 6.75. The molecule has 0 bridgehead atoms. The van der Waals surface area contributed by atoms with Crippen LogP contribution in [0.1, 0.15) is 59.0 Å². The smallest absolute Gasteiger partial charge is 0.334 e. The Morgan fingerprint density at radius 2 is 1.70 bits per heavy atom. The Labute approximate surface area is 228 Å². The summed E-state index contributed by atoms with van der Waals surface area (Å²) in [4.78, 5) is 18.0. The first kappa shape index (κ1) is 27.7. The molecule has 0 aliphatic heterocycles. The van der Waals surface area contributed by atoms with E-state index >= 15 is 0 Å². The van der Waals surface area contributed by atoms with Crippen LogP contribution in [0.25, 0.3) is 11.3 Å². The minimum atomic E-state index is -4.60. The number of alkyl halides is 3. The molecule has 10 heteroatoms. The first-order valence-corrected chi connectivity index (χ1v) is 13.2. The molecule has 1 unspecified atom stereocenters. The predicted molar refractivity (Wildman–Crippen MR) is 140 cm³/mol. The SMILES string of the molecule is Cc1ccc(-c2c(C(CC(=O)Cn3nc(C(F)(F)F)c4c3CCCC4)Cc3cc(F)cc(F)c3)ncn2C)cc1. The van der Waals surface area contributed by atoms with Gasteiger partial charge < -0.3 is 4.57 Å². The van der Waals surface area contributed by atoms with Gasteiger partial charge in [-0.25, -0.2) is 13.8 Å². The van der Waals surface area contributed by atoms with Crippen molar-refractivity contribution in [3.63, 3.8) is 0 Å². The van der Waals surface area contributed by atoms with Crippen molar-refractivity contribution in [3.8, 4) is 11.3 Å². The fourth-order valence-corrected chi connectivity index (χ4v) is 5.62. The van der Waals surface area contributed by atoms with E-state index in [4.69, 9.17) is 0 Å². The van der Waals surface area contributed by atoms with Crippen LogP contribution in [0.4, 0.5) is 22.0 Å². The quantitative estimate of drug-likeness (QED) is 0.226. The van der Waals surface area contributed by atoms with Gasteiger partial charge in [-0.3, -0.25) is 9.48 Å². The van der Waals surface area contributed by atoms with Gasteiger partial charge in [0.15, 0.2) is 11.5 Å². The van der Waals surface area contributed by atoms with Crippen molar-refractivity contribution in [2.24, 2.45) is 7.05 Å². The first-order chi connectivity index (χ1) is 19.0. The molecule has 1 atom stereocenters. The Morgan fingerprint density at radius 1 is 1.02 bits per heavy atom. The lowest BCUT2D eigenvalue weighted by Crippen LogP contribution is -2.19. The van der Waals surface area contributed by atoms with Gasteiger partial charge in [0.25, 0.3) is 0 Å². The topological polar surface area (TPSA) is 52.7 Å². The summed E-state index contributed by atoms with van der Waals surface area (Å²) in [6.45, 7) is 1.64. The van der Waals surface area contributed by atoms with Crippen molar-refractivity contribution in [1.29, 1.82) is 0 Å². The largest absolute Gasteiger partial charge is 0.435 e. The third kappa shape index (κ3) is 5.85. The van der Waals surface area contributed by atoms with Gasteiger partial charge in [0.2, 0.25) is 0 Å². The van der Waals surface area contributed by atoms with E-state index in [-0.39, 0.29) is 37.2 Å². The highest BCUT2D eigenvalue weighted by molar-refractivity contribution is 5.79. The number of Topliss-reactive ketones (excluding diaryl/α,β-unsaturated/α-hetero) is 1. The van der Waals surface area contributed by atoms with Crippen LogP contribution in [0.5, 0.6) is 0 Å². The fraction of sp³-hybridized carbons (Fsp3) is 0.367. The molecule has 40 heavy (non-hydrogen) atoms. The summed E-state index contributed by atoms with van der Waals surface area (Å²) in [5.74, 6) is -2.39. The first-order valence-electron chi connectivity index (χ1n) is 13.2. The summed E-state index contributed by atoms with van der Waals surface area (Å²) in [6, 6.07) is 11.0. The van der Waals surface area contributed by atoms with Crippen molar-refractivity contribution < 1.29 is 26.7 Å². The maximum Gasteiger partial charge on any atom is 0.435 e. The van der Waals surface area contributed by atoms with E-state index in [9.17, 15) is 26.7 Å². The van der Waals surface area contributed by atoms with E-state index in [0.717, 1.165) is 29.3 Å². The number of imidazole rings is 1. The number of ketones is 1. The molecule has 1 aliphatic rings. The number of hydrogen-bond acceptors (Lipinski definition) is 3. The number of carbonyl (C=O) groups is 1. The molecule has 0 N–H and O–H groups in total. The molecular formula is C30H29F5N4O. The van der Waals surface area contributed by atoms with Gasteiger partial charge in [-0.2, -0.15) is 18.3 Å². The zero-order chi connectivity index (χ0) is 28.6. The van der Waals surface area contributed by atoms with Crippen molar-refractivity contribution in [3.05, 3.63) is 94.2 Å². The second-order valence-electron chi connectivity index (χ2n) is 10.5. The van der Waals surface area contributed by atoms with Crippen LogP contribution >= 0.6 is 0 Å². The standard InChI is InChI=1S/C30H29F5N4O/c1-18-7-9-20(10-8-18)28-27(36-17-38(28)2)21(11-19-12-22(31)15-23(32)13-19)14-24(40)16-39-26-6-4-3-5-25(26)29(37-39)30(33,34)35/h7-10,12-13,15,17,21H,3-6,11,14,16H2,1-2H3. The molecular weight excluding hydrogens is 527 g/mol. The minimum absolute atomic E-state index is 0.0933. The number of aryl methyl sites for hydroxylation is 2. The van der Waals surface area contributed by atoms with E-state index in [0.29, 0.717) is 29.8 Å². The van der Waals surface area contributed by atoms with Crippen LogP contribution in [0, 0.1) is 18.6 Å². The van der Waals surface area contributed by atoms with Crippen LogP contribution in [0.15, 0.2) is 48.8 Å². The highest BCUT2D eigenvalue weighted by Gasteiger charge is 2.39. The van der Waals surface area contributed by atoms with Crippen LogP contribution in [-0.4, -0.2) is 25.1 Å². The molecule has 0 amide bonds. The number of aromatic nitrogens is 4. The lowest BCUT2D eigenvalue weighted by molar-refractivity contribution is -0.142. The lowest BCUT2D eigenvalue weighted by atomic mass is 9.88. The number of hydrogen-bond donors (Lipinski definition) is 0. The molecule has 2 aromatic carbocycles. The highest BCUT2D eigenvalue weighted by Crippen LogP contribution is 2.37. The maximum absolute atomic E-state index is 14.0. The van der Waals surface area contributed by atoms with Crippen LogP contribution in [-0.2, 0) is 43.8 Å². The van der Waals surface area contributed by atoms with Crippen molar-refractivity contribution in [2.45, 2.75) is 64.1 Å². The fourth-order valence-electron chi connectivity index (χ4n) is 5.62. The summed E-state index contributed by atoms with van der Waals surface area (Å²) < 4.78 is 72.1. The zero-order valence-corrected chi connectivity index (χ0v) is 22.2. The summed E-state index contributed by atoms with van der Waals surface area (Å²) in [6.07, 6.45) is -0.889. The number of benzene rings is 2. The molecule has 0 spiro atoms. The highest BCUT2D eigenvalue weighted by atomic mass is 19.4. The maximum atomic E-state index is 14.0. The van der Waals surface area contributed by atoms with E-state index in [2.05, 4.69) is 10.1 Å². The van der Waals surface area contributed by atoms with Crippen molar-refractivity contribution in [2.75, 3.05) is 0 Å². The van der Waals surface area contributed by atoms with E-state index in [1.165, 1.54) is 16.8 Å². The Bertz CT molecular complexity index is 1510. The zero-order valence-electron chi connectivity index (χ0n) is 22.2. The number of nitrogens with zero attached hydrogens (tertiary/aromatic N) is 4. The summed E-state index contributed by atoms with van der Waals surface area (Å²) in [5.41, 5.74) is 3.31. The van der Waals surface area contributed by atoms with Gasteiger partial charge in [-0.15, -0.1) is 0 Å². The third-order valence-electron chi connectivity index (χ3n) is 7.41. The van der Waals surface area contributed by atoms with E-state index in [1.807, 2.05) is 42.8 Å². The Hall–Kier alpha value is -3.82. The Kier molecular flexibility index (Phi) is 7.61. The van der Waals surface area contributed by atoms with Gasteiger partial charge in [-0.1, -0.05) is 29.8 Å². The summed E-state index contributed by atoms with van der Waals surface area (Å²) in [5, 5.41) is 3.82. The normalized spacial score (nSPS) is 14.3. The molecule has 2 heterocycles. The molecule has 0 radical (unpaired) electrons. The van der Waals surface area contributed by atoms with Crippen LogP contribution in [0.3, 0.4) is 0 Å². The average Bonchev–Trinajstić information content (AvgIpc) is 3.44. The van der Waals surface area contributed by atoms with E-state index < -0.39 is 29.4 Å². The molecule has 0 saturated heterocycles. The molecule has 0 saturated carbocycles. The second-order valence-corrected chi connectivity index (χ2v) is 10.5. The Morgan fingerprint density at radius 3 is 2.38 bits per heavy atom. The van der Waals surface area contributed by atoms with Crippen molar-refractivity contribution in [1.82, 2.24) is 19.3 Å². The monoisotopic (exact) mass is 556 g/mol. The van der Waals surface area contributed by atoms with Crippen LogP contribution < -0.4 is 0 Å².